The topological polar surface area (TPSA) is 26.3 Å². The normalized spacial score (nSPS) is 11.1. The van der Waals surface area contributed by atoms with Gasteiger partial charge in [-0.1, -0.05) is 12.1 Å². The van der Waals surface area contributed by atoms with Gasteiger partial charge in [-0.2, -0.15) is 0 Å². The lowest BCUT2D eigenvalue weighted by molar-refractivity contribution is 0.0732. The number of benzene rings is 3. The molecular formula is C30H36O2. The summed E-state index contributed by atoms with van der Waals surface area (Å²) in [7, 11) is 0. The first-order valence-electron chi connectivity index (χ1n) is 11.3. The van der Waals surface area contributed by atoms with Crippen molar-refractivity contribution in [3.8, 4) is 16.9 Å². The Hall–Kier alpha value is -2.87. The van der Waals surface area contributed by atoms with Gasteiger partial charge in [-0.15, -0.1) is 0 Å². The van der Waals surface area contributed by atoms with Gasteiger partial charge in [-0.25, -0.2) is 4.79 Å². The highest BCUT2D eigenvalue weighted by molar-refractivity contribution is 5.96. The number of esters is 1. The van der Waals surface area contributed by atoms with Crippen LogP contribution in [0.3, 0.4) is 0 Å². The van der Waals surface area contributed by atoms with Crippen LogP contribution >= 0.6 is 0 Å². The van der Waals surface area contributed by atoms with Gasteiger partial charge in [0.25, 0.3) is 0 Å². The van der Waals surface area contributed by atoms with Gasteiger partial charge in [0.1, 0.15) is 5.75 Å². The van der Waals surface area contributed by atoms with E-state index in [0.29, 0.717) is 11.3 Å². The highest BCUT2D eigenvalue weighted by atomic mass is 16.5. The molecule has 0 amide bonds. The second kappa shape index (κ2) is 8.58. The Labute approximate surface area is 193 Å². The van der Waals surface area contributed by atoms with Crippen molar-refractivity contribution in [2.45, 2.75) is 76.2 Å². The van der Waals surface area contributed by atoms with Crippen LogP contribution in [0.5, 0.6) is 5.75 Å². The average Bonchev–Trinajstić information content (AvgIpc) is 2.72. The van der Waals surface area contributed by atoms with Crippen LogP contribution in [0.2, 0.25) is 0 Å². The molecule has 0 radical (unpaired) electrons. The standard InChI is InChI=1S/C30H36O2/c1-15-12-17(3)28(24(10)20(15)6)26-13-18(4)29(25(11)22(26)8)30(31)32-27-14-16(2)19(5)21(7)23(27)9/h12-14H,1-11H3. The van der Waals surface area contributed by atoms with Gasteiger partial charge in [0.2, 0.25) is 0 Å². The summed E-state index contributed by atoms with van der Waals surface area (Å²) >= 11 is 0. The van der Waals surface area contributed by atoms with Crippen LogP contribution < -0.4 is 4.74 Å². The lowest BCUT2D eigenvalue weighted by Crippen LogP contribution is -2.15. The zero-order chi connectivity index (χ0) is 24.1. The van der Waals surface area contributed by atoms with Crippen LogP contribution in [-0.2, 0) is 0 Å². The van der Waals surface area contributed by atoms with Crippen LogP contribution in [0.1, 0.15) is 71.6 Å². The summed E-state index contributed by atoms with van der Waals surface area (Å²) in [5, 5.41) is 0. The van der Waals surface area contributed by atoms with Gasteiger partial charge in [0, 0.05) is 0 Å². The molecule has 0 aromatic heterocycles. The largest absolute Gasteiger partial charge is 0.423 e. The third-order valence-corrected chi connectivity index (χ3v) is 7.56. The molecule has 3 rings (SSSR count). The molecular weight excluding hydrogens is 392 g/mol. The third kappa shape index (κ3) is 3.88. The molecule has 0 heterocycles. The molecule has 0 aliphatic rings. The Balaban J connectivity index is 2.12. The molecule has 32 heavy (non-hydrogen) atoms. The maximum absolute atomic E-state index is 13.3. The van der Waals surface area contributed by atoms with Crippen LogP contribution in [0.4, 0.5) is 0 Å². The van der Waals surface area contributed by atoms with Crippen molar-refractivity contribution in [2.75, 3.05) is 0 Å². The van der Waals surface area contributed by atoms with Gasteiger partial charge in [-0.05, 0) is 155 Å². The number of carbonyl (C=O) groups excluding carboxylic acids is 1. The number of carbonyl (C=O) groups is 1. The molecule has 2 nitrogen and oxygen atoms in total. The fourth-order valence-corrected chi connectivity index (χ4v) is 4.79. The van der Waals surface area contributed by atoms with E-state index < -0.39 is 0 Å². The molecule has 0 bridgehead atoms. The lowest BCUT2D eigenvalue weighted by Gasteiger charge is -2.21. The highest BCUT2D eigenvalue weighted by Gasteiger charge is 2.22. The summed E-state index contributed by atoms with van der Waals surface area (Å²) in [6.45, 7) is 23.1. The molecule has 0 fully saturated rings. The van der Waals surface area contributed by atoms with E-state index in [9.17, 15) is 4.79 Å². The molecule has 0 unspecified atom stereocenters. The first-order chi connectivity index (χ1) is 14.9. The summed E-state index contributed by atoms with van der Waals surface area (Å²) in [6, 6.07) is 6.39. The van der Waals surface area contributed by atoms with E-state index in [0.717, 1.165) is 27.8 Å². The van der Waals surface area contributed by atoms with E-state index in [4.69, 9.17) is 4.74 Å². The summed E-state index contributed by atoms with van der Waals surface area (Å²) in [5.74, 6) is 0.367. The van der Waals surface area contributed by atoms with E-state index in [1.165, 1.54) is 44.5 Å². The second-order valence-electron chi connectivity index (χ2n) is 9.46. The summed E-state index contributed by atoms with van der Waals surface area (Å²) < 4.78 is 5.95. The number of hydrogen-bond acceptors (Lipinski definition) is 2. The van der Waals surface area contributed by atoms with Gasteiger partial charge in [-0.3, -0.25) is 0 Å². The Morgan fingerprint density at radius 2 is 1.09 bits per heavy atom. The van der Waals surface area contributed by atoms with Crippen molar-refractivity contribution in [3.05, 3.63) is 85.0 Å². The average molecular weight is 429 g/mol. The maximum atomic E-state index is 13.3. The maximum Gasteiger partial charge on any atom is 0.344 e. The van der Waals surface area contributed by atoms with Crippen molar-refractivity contribution in [1.82, 2.24) is 0 Å². The van der Waals surface area contributed by atoms with Gasteiger partial charge < -0.3 is 4.74 Å². The molecule has 3 aromatic carbocycles. The fourth-order valence-electron chi connectivity index (χ4n) is 4.79. The molecule has 0 atom stereocenters. The summed E-state index contributed by atoms with van der Waals surface area (Å²) in [5.41, 5.74) is 16.0. The molecule has 2 heteroatoms. The Morgan fingerprint density at radius 3 is 1.72 bits per heavy atom. The van der Waals surface area contributed by atoms with Crippen molar-refractivity contribution in [2.24, 2.45) is 0 Å². The Kier molecular flexibility index (Phi) is 6.38. The van der Waals surface area contributed by atoms with E-state index >= 15 is 0 Å². The van der Waals surface area contributed by atoms with E-state index in [-0.39, 0.29) is 5.97 Å². The van der Waals surface area contributed by atoms with Crippen molar-refractivity contribution >= 4 is 5.97 Å². The van der Waals surface area contributed by atoms with E-state index in [1.54, 1.807) is 0 Å². The van der Waals surface area contributed by atoms with E-state index in [2.05, 4.69) is 67.5 Å². The fraction of sp³-hybridized carbons (Fsp3) is 0.367. The van der Waals surface area contributed by atoms with Gasteiger partial charge in [0.05, 0.1) is 5.56 Å². The molecule has 0 saturated heterocycles. The lowest BCUT2D eigenvalue weighted by atomic mass is 9.84. The number of hydrogen-bond donors (Lipinski definition) is 0. The van der Waals surface area contributed by atoms with Crippen LogP contribution in [0, 0.1) is 76.2 Å². The number of aryl methyl sites for hydroxylation is 4. The van der Waals surface area contributed by atoms with Gasteiger partial charge >= 0.3 is 5.97 Å². The van der Waals surface area contributed by atoms with Crippen molar-refractivity contribution < 1.29 is 9.53 Å². The quantitative estimate of drug-likeness (QED) is 0.312. The van der Waals surface area contributed by atoms with Crippen molar-refractivity contribution in [3.63, 3.8) is 0 Å². The summed E-state index contributed by atoms with van der Waals surface area (Å²) in [6.07, 6.45) is 0. The van der Waals surface area contributed by atoms with Crippen molar-refractivity contribution in [1.29, 1.82) is 0 Å². The smallest absolute Gasteiger partial charge is 0.344 e. The summed E-state index contributed by atoms with van der Waals surface area (Å²) in [4.78, 5) is 13.3. The molecule has 0 aliphatic heterocycles. The third-order valence-electron chi connectivity index (χ3n) is 7.56. The minimum atomic E-state index is -0.283. The second-order valence-corrected chi connectivity index (χ2v) is 9.46. The highest BCUT2D eigenvalue weighted by Crippen LogP contribution is 2.37. The number of rotatable bonds is 3. The van der Waals surface area contributed by atoms with E-state index in [1.807, 2.05) is 26.8 Å². The van der Waals surface area contributed by atoms with Crippen LogP contribution in [0.15, 0.2) is 18.2 Å². The molecule has 0 saturated carbocycles. The molecule has 0 N–H and O–H groups in total. The molecule has 0 aliphatic carbocycles. The van der Waals surface area contributed by atoms with Gasteiger partial charge in [0.15, 0.2) is 0 Å². The predicted octanol–water partition coefficient (Wildman–Crippen LogP) is 7.97. The predicted molar refractivity (Wildman–Crippen MR) is 135 cm³/mol. The zero-order valence-electron chi connectivity index (χ0n) is 21.5. The first kappa shape index (κ1) is 23.8. The SMILES string of the molecule is Cc1cc(OC(=O)c2c(C)cc(-c3c(C)cc(C)c(C)c3C)c(C)c2C)c(C)c(C)c1C. The first-order valence-corrected chi connectivity index (χ1v) is 11.3. The molecule has 0 spiro atoms. The minimum Gasteiger partial charge on any atom is -0.423 e. The number of ether oxygens (including phenoxy) is 1. The Morgan fingerprint density at radius 1 is 0.531 bits per heavy atom. The van der Waals surface area contributed by atoms with Crippen LogP contribution in [0.25, 0.3) is 11.1 Å². The molecule has 3 aromatic rings. The molecule has 168 valence electrons. The minimum absolute atomic E-state index is 0.283. The van der Waals surface area contributed by atoms with Crippen LogP contribution in [-0.4, -0.2) is 5.97 Å². The Bertz CT molecular complexity index is 1260. The monoisotopic (exact) mass is 428 g/mol. The zero-order valence-corrected chi connectivity index (χ0v) is 21.5.